The third-order valence-corrected chi connectivity index (χ3v) is 6.62. The fourth-order valence-corrected chi connectivity index (χ4v) is 4.57. The summed E-state index contributed by atoms with van der Waals surface area (Å²) in [5, 5.41) is 0. The van der Waals surface area contributed by atoms with E-state index in [2.05, 4.69) is 89.7 Å². The van der Waals surface area contributed by atoms with Crippen LogP contribution in [0, 0.1) is 12.8 Å². The van der Waals surface area contributed by atoms with Gasteiger partial charge in [0.15, 0.2) is 6.20 Å². The molecule has 0 N–H and O–H groups in total. The lowest BCUT2D eigenvalue weighted by Crippen LogP contribution is -2.35. The average Bonchev–Trinajstić information content (AvgIpc) is 3.09. The van der Waals surface area contributed by atoms with Gasteiger partial charge in [-0.05, 0) is 59.8 Å². The Morgan fingerprint density at radius 2 is 1.50 bits per heavy atom. The highest BCUT2D eigenvalue weighted by atomic mass is 14.9. The maximum atomic E-state index is 2.43. The van der Waals surface area contributed by atoms with Crippen LogP contribution in [0.4, 0.5) is 0 Å². The zero-order valence-corrected chi connectivity index (χ0v) is 17.8. The lowest BCUT2D eigenvalue weighted by atomic mass is 9.73. The van der Waals surface area contributed by atoms with Crippen LogP contribution in [0.15, 0.2) is 36.5 Å². The Kier molecular flexibility index (Phi) is 5.03. The standard InChI is InChI=1S/C25H36N/c1-18-16-20(24(2,3)4)12-14-22(18)23-15-13-21(17-26(23)7)25(5,6)19-10-8-9-11-19/h12-17,19H,8-11H2,1-7H3/q+1. The zero-order chi connectivity index (χ0) is 19.1. The van der Waals surface area contributed by atoms with Gasteiger partial charge in [0.1, 0.15) is 7.05 Å². The summed E-state index contributed by atoms with van der Waals surface area (Å²) in [4.78, 5) is 0. The van der Waals surface area contributed by atoms with Crippen LogP contribution in [0.25, 0.3) is 11.3 Å². The van der Waals surface area contributed by atoms with E-state index in [0.29, 0.717) is 0 Å². The van der Waals surface area contributed by atoms with Gasteiger partial charge in [-0.15, -0.1) is 0 Å². The van der Waals surface area contributed by atoms with Gasteiger partial charge in [-0.3, -0.25) is 0 Å². The summed E-state index contributed by atoms with van der Waals surface area (Å²) < 4.78 is 2.32. The molecule has 1 saturated carbocycles. The molecule has 26 heavy (non-hydrogen) atoms. The average molecular weight is 351 g/mol. The van der Waals surface area contributed by atoms with Crippen LogP contribution < -0.4 is 4.57 Å². The van der Waals surface area contributed by atoms with Gasteiger partial charge in [-0.1, -0.05) is 59.6 Å². The molecule has 1 heteroatoms. The van der Waals surface area contributed by atoms with Crippen molar-refractivity contribution in [2.24, 2.45) is 13.0 Å². The predicted molar refractivity (Wildman–Crippen MR) is 111 cm³/mol. The van der Waals surface area contributed by atoms with Gasteiger partial charge in [0.2, 0.25) is 5.69 Å². The minimum Gasteiger partial charge on any atom is -0.201 e. The Morgan fingerprint density at radius 1 is 0.885 bits per heavy atom. The van der Waals surface area contributed by atoms with Gasteiger partial charge in [-0.2, -0.15) is 0 Å². The third kappa shape index (κ3) is 3.59. The van der Waals surface area contributed by atoms with E-state index >= 15 is 0 Å². The largest absolute Gasteiger partial charge is 0.212 e. The summed E-state index contributed by atoms with van der Waals surface area (Å²) in [6.07, 6.45) is 7.93. The Morgan fingerprint density at radius 3 is 2.04 bits per heavy atom. The molecular formula is C25H36N+. The van der Waals surface area contributed by atoms with Gasteiger partial charge < -0.3 is 0 Å². The number of pyridine rings is 1. The van der Waals surface area contributed by atoms with Crippen LogP contribution in [-0.2, 0) is 17.9 Å². The molecule has 1 aromatic heterocycles. The number of aromatic nitrogens is 1. The van der Waals surface area contributed by atoms with Crippen LogP contribution >= 0.6 is 0 Å². The smallest absolute Gasteiger partial charge is 0.201 e. The van der Waals surface area contributed by atoms with Crippen LogP contribution in [0.3, 0.4) is 0 Å². The van der Waals surface area contributed by atoms with Crippen molar-refractivity contribution in [1.82, 2.24) is 0 Å². The number of hydrogen-bond donors (Lipinski definition) is 0. The van der Waals surface area contributed by atoms with E-state index in [9.17, 15) is 0 Å². The summed E-state index contributed by atoms with van der Waals surface area (Å²) >= 11 is 0. The second kappa shape index (κ2) is 6.83. The first kappa shape index (κ1) is 19.1. The molecule has 0 bridgehead atoms. The quantitative estimate of drug-likeness (QED) is 0.576. The first-order chi connectivity index (χ1) is 12.1. The monoisotopic (exact) mass is 350 g/mol. The maximum Gasteiger partial charge on any atom is 0.212 e. The molecule has 1 heterocycles. The predicted octanol–water partition coefficient (Wildman–Crippen LogP) is 6.25. The molecule has 0 saturated heterocycles. The number of hydrogen-bond acceptors (Lipinski definition) is 0. The van der Waals surface area contributed by atoms with E-state index in [4.69, 9.17) is 0 Å². The van der Waals surface area contributed by atoms with E-state index in [0.717, 1.165) is 5.92 Å². The molecule has 140 valence electrons. The SMILES string of the molecule is Cc1cc(C(C)(C)C)ccc1-c1ccc(C(C)(C)C2CCCC2)c[n+]1C. The van der Waals surface area contributed by atoms with Crippen molar-refractivity contribution in [3.8, 4) is 11.3 Å². The van der Waals surface area contributed by atoms with Crippen LogP contribution in [0.2, 0.25) is 0 Å². The van der Waals surface area contributed by atoms with Crippen molar-refractivity contribution >= 4 is 0 Å². The molecule has 1 nitrogen and oxygen atoms in total. The molecule has 3 rings (SSSR count). The zero-order valence-electron chi connectivity index (χ0n) is 17.8. The second-order valence-corrected chi connectivity index (χ2v) is 9.90. The van der Waals surface area contributed by atoms with Crippen molar-refractivity contribution in [1.29, 1.82) is 0 Å². The molecule has 0 spiro atoms. The molecule has 0 unspecified atom stereocenters. The molecule has 0 atom stereocenters. The Labute approximate surface area is 160 Å². The minimum absolute atomic E-state index is 0.195. The van der Waals surface area contributed by atoms with E-state index in [1.165, 1.54) is 53.6 Å². The highest BCUT2D eigenvalue weighted by Gasteiger charge is 2.35. The Balaban J connectivity index is 1.95. The number of rotatable bonds is 3. The lowest BCUT2D eigenvalue weighted by molar-refractivity contribution is -0.661. The molecule has 1 aliphatic rings. The molecule has 1 fully saturated rings. The highest BCUT2D eigenvalue weighted by molar-refractivity contribution is 5.62. The molecule has 1 aromatic carbocycles. The normalized spacial score (nSPS) is 16.3. The van der Waals surface area contributed by atoms with Crippen LogP contribution in [0.1, 0.15) is 77.0 Å². The number of benzene rings is 1. The van der Waals surface area contributed by atoms with Crippen LogP contribution in [-0.4, -0.2) is 0 Å². The van der Waals surface area contributed by atoms with Crippen molar-refractivity contribution in [3.05, 3.63) is 53.2 Å². The van der Waals surface area contributed by atoms with Gasteiger partial charge in [0.05, 0.1) is 0 Å². The summed E-state index contributed by atoms with van der Waals surface area (Å²) in [5.74, 6) is 0.821. The second-order valence-electron chi connectivity index (χ2n) is 9.90. The van der Waals surface area contributed by atoms with Gasteiger partial charge in [0.25, 0.3) is 0 Å². The number of nitrogens with zero attached hydrogens (tertiary/aromatic N) is 1. The van der Waals surface area contributed by atoms with Gasteiger partial charge in [-0.25, -0.2) is 4.57 Å². The van der Waals surface area contributed by atoms with E-state index in [-0.39, 0.29) is 10.8 Å². The summed E-state index contributed by atoms with van der Waals surface area (Å²) in [6, 6.07) is 11.6. The highest BCUT2D eigenvalue weighted by Crippen LogP contribution is 2.41. The molecule has 0 amide bonds. The Hall–Kier alpha value is -1.63. The topological polar surface area (TPSA) is 3.88 Å². The molecule has 0 aliphatic heterocycles. The van der Waals surface area contributed by atoms with Crippen molar-refractivity contribution < 1.29 is 4.57 Å². The van der Waals surface area contributed by atoms with Crippen molar-refractivity contribution in [2.45, 2.75) is 78.1 Å². The summed E-state index contributed by atoms with van der Waals surface area (Å²) in [7, 11) is 2.20. The van der Waals surface area contributed by atoms with Gasteiger partial charge >= 0.3 is 0 Å². The van der Waals surface area contributed by atoms with E-state index in [1.54, 1.807) is 0 Å². The maximum absolute atomic E-state index is 2.43. The third-order valence-electron chi connectivity index (χ3n) is 6.62. The molecule has 0 radical (unpaired) electrons. The molecule has 1 aliphatic carbocycles. The number of aryl methyl sites for hydroxylation is 2. The fourth-order valence-electron chi connectivity index (χ4n) is 4.57. The summed E-state index contributed by atoms with van der Waals surface area (Å²) in [6.45, 7) is 13.9. The summed E-state index contributed by atoms with van der Waals surface area (Å²) in [5.41, 5.74) is 7.33. The lowest BCUT2D eigenvalue weighted by Gasteiger charge is -2.31. The minimum atomic E-state index is 0.195. The van der Waals surface area contributed by atoms with Crippen LogP contribution in [0.5, 0.6) is 0 Å². The fraction of sp³-hybridized carbons (Fsp3) is 0.560. The van der Waals surface area contributed by atoms with Crippen molar-refractivity contribution in [3.63, 3.8) is 0 Å². The van der Waals surface area contributed by atoms with Gasteiger partial charge in [0, 0.05) is 17.2 Å². The van der Waals surface area contributed by atoms with E-state index in [1.807, 2.05) is 0 Å². The Bertz CT molecular complexity index is 786. The first-order valence-corrected chi connectivity index (χ1v) is 10.2. The molecule has 2 aromatic rings. The van der Waals surface area contributed by atoms with E-state index < -0.39 is 0 Å². The van der Waals surface area contributed by atoms with Crippen molar-refractivity contribution in [2.75, 3.05) is 0 Å². The molecular weight excluding hydrogens is 314 g/mol. The first-order valence-electron chi connectivity index (χ1n) is 10.2.